The third-order valence-electron chi connectivity index (χ3n) is 4.66. The first-order valence-electron chi connectivity index (χ1n) is 7.43. The Morgan fingerprint density at radius 1 is 1.26 bits per heavy atom. The molecule has 0 spiro atoms. The summed E-state index contributed by atoms with van der Waals surface area (Å²) in [5.41, 5.74) is 1.93. The molecule has 0 saturated heterocycles. The Morgan fingerprint density at radius 2 is 2.00 bits per heavy atom. The lowest BCUT2D eigenvalue weighted by Gasteiger charge is -2.32. The molecule has 1 aliphatic heterocycles. The van der Waals surface area contributed by atoms with Crippen LogP contribution in [-0.2, 0) is 6.42 Å². The van der Waals surface area contributed by atoms with Crippen molar-refractivity contribution in [3.05, 3.63) is 29.3 Å². The zero-order valence-electron chi connectivity index (χ0n) is 11.9. The largest absolute Gasteiger partial charge is 0.490 e. The minimum Gasteiger partial charge on any atom is -0.490 e. The molecule has 1 unspecified atom stereocenters. The maximum absolute atomic E-state index is 12.8. The van der Waals surface area contributed by atoms with Gasteiger partial charge in [0.2, 0.25) is 0 Å². The van der Waals surface area contributed by atoms with Crippen molar-refractivity contribution in [3.8, 4) is 5.75 Å². The van der Waals surface area contributed by atoms with E-state index in [1.165, 1.54) is 24.8 Å². The van der Waals surface area contributed by atoms with Gasteiger partial charge in [-0.1, -0.05) is 26.2 Å². The predicted molar refractivity (Wildman–Crippen MR) is 75.8 cm³/mol. The molecular formula is C17H22O2. The fraction of sp³-hybridized carbons (Fsp3) is 0.588. The molecule has 0 N–H and O–H groups in total. The van der Waals surface area contributed by atoms with Gasteiger partial charge in [-0.05, 0) is 43.5 Å². The summed E-state index contributed by atoms with van der Waals surface area (Å²) in [6.07, 6.45) is 6.89. The smallest absolute Gasteiger partial charge is 0.168 e. The first kappa shape index (κ1) is 12.7. The molecule has 0 bridgehead atoms. The Balaban J connectivity index is 1.86. The topological polar surface area (TPSA) is 26.3 Å². The van der Waals surface area contributed by atoms with E-state index in [1.807, 2.05) is 12.1 Å². The number of ether oxygens (including phenoxy) is 1. The fourth-order valence-electron chi connectivity index (χ4n) is 3.47. The van der Waals surface area contributed by atoms with Gasteiger partial charge in [-0.2, -0.15) is 0 Å². The highest BCUT2D eigenvalue weighted by Gasteiger charge is 2.35. The molecule has 0 aromatic heterocycles. The van der Waals surface area contributed by atoms with Crippen molar-refractivity contribution < 1.29 is 9.53 Å². The predicted octanol–water partition coefficient (Wildman–Crippen LogP) is 4.16. The highest BCUT2D eigenvalue weighted by Crippen LogP contribution is 2.39. The van der Waals surface area contributed by atoms with Crippen LogP contribution in [0.5, 0.6) is 5.75 Å². The van der Waals surface area contributed by atoms with Crippen LogP contribution in [0.3, 0.4) is 0 Å². The van der Waals surface area contributed by atoms with Crippen LogP contribution in [0, 0.1) is 5.41 Å². The Bertz CT molecular complexity index is 498. The summed E-state index contributed by atoms with van der Waals surface area (Å²) >= 11 is 0. The van der Waals surface area contributed by atoms with Gasteiger partial charge in [0.05, 0.1) is 0 Å². The molecular weight excluding hydrogens is 236 g/mol. The normalized spacial score (nSPS) is 24.6. The monoisotopic (exact) mass is 258 g/mol. The quantitative estimate of drug-likeness (QED) is 0.744. The van der Waals surface area contributed by atoms with Crippen LogP contribution < -0.4 is 4.74 Å². The van der Waals surface area contributed by atoms with E-state index in [9.17, 15) is 4.79 Å². The fourth-order valence-corrected chi connectivity index (χ4v) is 3.47. The van der Waals surface area contributed by atoms with E-state index in [4.69, 9.17) is 4.74 Å². The number of ketones is 1. The van der Waals surface area contributed by atoms with E-state index in [1.54, 1.807) is 0 Å². The van der Waals surface area contributed by atoms with Crippen molar-refractivity contribution in [2.45, 2.75) is 58.5 Å². The molecule has 1 aromatic rings. The van der Waals surface area contributed by atoms with Crippen molar-refractivity contribution in [1.29, 1.82) is 0 Å². The molecule has 1 saturated carbocycles. The molecule has 2 nitrogen and oxygen atoms in total. The van der Waals surface area contributed by atoms with Gasteiger partial charge >= 0.3 is 0 Å². The molecule has 19 heavy (non-hydrogen) atoms. The van der Waals surface area contributed by atoms with Crippen LogP contribution in [0.2, 0.25) is 0 Å². The first-order valence-corrected chi connectivity index (χ1v) is 7.43. The molecule has 2 aliphatic rings. The second-order valence-electron chi connectivity index (χ2n) is 6.41. The Labute approximate surface area is 115 Å². The van der Waals surface area contributed by atoms with Crippen LogP contribution in [0.4, 0.5) is 0 Å². The molecule has 1 aliphatic carbocycles. The summed E-state index contributed by atoms with van der Waals surface area (Å²) in [6, 6.07) is 5.97. The average Bonchev–Trinajstić information content (AvgIpc) is 2.77. The number of fused-ring (bicyclic) bond motifs is 1. The molecule has 2 heteroatoms. The minimum atomic E-state index is -0.141. The molecule has 1 aromatic carbocycles. The summed E-state index contributed by atoms with van der Waals surface area (Å²) in [5, 5.41) is 0. The number of rotatable bonds is 2. The summed E-state index contributed by atoms with van der Waals surface area (Å²) in [4.78, 5) is 12.8. The van der Waals surface area contributed by atoms with E-state index in [0.29, 0.717) is 5.78 Å². The first-order chi connectivity index (χ1) is 9.08. The van der Waals surface area contributed by atoms with Gasteiger partial charge in [0.25, 0.3) is 0 Å². The summed E-state index contributed by atoms with van der Waals surface area (Å²) in [5.74, 6) is 1.28. The molecule has 1 fully saturated rings. The standard InChI is InChI=1S/C17H22O2/c1-12-10-14-11-13(6-7-15(14)19-12)16(18)17(2)8-4-3-5-9-17/h6-7,11-12H,3-5,8-10H2,1-2H3. The van der Waals surface area contributed by atoms with Crippen molar-refractivity contribution >= 4 is 5.78 Å². The van der Waals surface area contributed by atoms with E-state index in [0.717, 1.165) is 30.6 Å². The molecule has 1 heterocycles. The Kier molecular flexibility index (Phi) is 3.12. The number of carbonyl (C=O) groups is 1. The maximum Gasteiger partial charge on any atom is 0.168 e. The molecule has 3 rings (SSSR count). The van der Waals surface area contributed by atoms with Gasteiger partial charge in [-0.25, -0.2) is 0 Å². The summed E-state index contributed by atoms with van der Waals surface area (Å²) in [7, 11) is 0. The Hall–Kier alpha value is -1.31. The van der Waals surface area contributed by atoms with E-state index in [-0.39, 0.29) is 11.5 Å². The number of Topliss-reactive ketones (excluding diaryl/α,β-unsaturated/α-hetero) is 1. The van der Waals surface area contributed by atoms with Crippen molar-refractivity contribution in [1.82, 2.24) is 0 Å². The zero-order valence-corrected chi connectivity index (χ0v) is 11.9. The van der Waals surface area contributed by atoms with E-state index in [2.05, 4.69) is 19.9 Å². The van der Waals surface area contributed by atoms with Gasteiger partial charge in [0.15, 0.2) is 5.78 Å². The molecule has 102 valence electrons. The minimum absolute atomic E-state index is 0.141. The molecule has 1 atom stereocenters. The Morgan fingerprint density at radius 3 is 2.74 bits per heavy atom. The van der Waals surface area contributed by atoms with Gasteiger partial charge in [0.1, 0.15) is 11.9 Å². The van der Waals surface area contributed by atoms with Crippen LogP contribution in [0.25, 0.3) is 0 Å². The second-order valence-corrected chi connectivity index (χ2v) is 6.41. The summed E-state index contributed by atoms with van der Waals surface area (Å²) < 4.78 is 5.70. The van der Waals surface area contributed by atoms with Crippen LogP contribution in [-0.4, -0.2) is 11.9 Å². The number of carbonyl (C=O) groups excluding carboxylic acids is 1. The third-order valence-corrected chi connectivity index (χ3v) is 4.66. The summed E-state index contributed by atoms with van der Waals surface area (Å²) in [6.45, 7) is 4.21. The highest BCUT2D eigenvalue weighted by atomic mass is 16.5. The van der Waals surface area contributed by atoms with Gasteiger partial charge in [-0.15, -0.1) is 0 Å². The van der Waals surface area contributed by atoms with Crippen molar-refractivity contribution in [3.63, 3.8) is 0 Å². The lowest BCUT2D eigenvalue weighted by Crippen LogP contribution is -2.30. The van der Waals surface area contributed by atoms with Gasteiger partial charge < -0.3 is 4.74 Å². The third kappa shape index (κ3) is 2.29. The van der Waals surface area contributed by atoms with Gasteiger partial charge in [-0.3, -0.25) is 4.79 Å². The van der Waals surface area contributed by atoms with Crippen LogP contribution in [0.1, 0.15) is 61.9 Å². The lowest BCUT2D eigenvalue weighted by molar-refractivity contribution is 0.0749. The second kappa shape index (κ2) is 4.66. The van der Waals surface area contributed by atoms with Crippen molar-refractivity contribution in [2.75, 3.05) is 0 Å². The van der Waals surface area contributed by atoms with Crippen molar-refractivity contribution in [2.24, 2.45) is 5.41 Å². The van der Waals surface area contributed by atoms with Gasteiger partial charge in [0, 0.05) is 17.4 Å². The number of hydrogen-bond acceptors (Lipinski definition) is 2. The average molecular weight is 258 g/mol. The SMILES string of the molecule is CC1Cc2cc(C(=O)C3(C)CCCCC3)ccc2O1. The number of benzene rings is 1. The number of hydrogen-bond donors (Lipinski definition) is 0. The van der Waals surface area contributed by atoms with Crippen LogP contribution >= 0.6 is 0 Å². The van der Waals surface area contributed by atoms with Crippen LogP contribution in [0.15, 0.2) is 18.2 Å². The van der Waals surface area contributed by atoms with E-state index >= 15 is 0 Å². The van der Waals surface area contributed by atoms with E-state index < -0.39 is 0 Å². The zero-order chi connectivity index (χ0) is 13.5. The maximum atomic E-state index is 12.8. The lowest BCUT2D eigenvalue weighted by atomic mass is 9.71. The highest BCUT2D eigenvalue weighted by molar-refractivity contribution is 6.00. The molecule has 0 radical (unpaired) electrons. The molecule has 0 amide bonds.